The Morgan fingerprint density at radius 1 is 0.913 bits per heavy atom. The van der Waals surface area contributed by atoms with Crippen molar-refractivity contribution in [1.82, 2.24) is 0 Å². The molecule has 0 fully saturated rings. The summed E-state index contributed by atoms with van der Waals surface area (Å²) in [6.07, 6.45) is 1.70. The third-order valence-electron chi connectivity index (χ3n) is 3.33. The quantitative estimate of drug-likeness (QED) is 0.523. The minimum Gasteiger partial charge on any atom is -0.457 e. The van der Waals surface area contributed by atoms with Crippen LogP contribution in [-0.4, -0.2) is 0 Å². The highest BCUT2D eigenvalue weighted by atomic mass is 35.5. The smallest absolute Gasteiger partial charge is 0.137 e. The summed E-state index contributed by atoms with van der Waals surface area (Å²) in [7, 11) is 0. The van der Waals surface area contributed by atoms with E-state index in [2.05, 4.69) is 6.07 Å². The van der Waals surface area contributed by atoms with Gasteiger partial charge in [0.1, 0.15) is 11.5 Å². The molecule has 0 aliphatic rings. The zero-order valence-corrected chi connectivity index (χ0v) is 13.5. The predicted octanol–water partition coefficient (Wildman–Crippen LogP) is 6.32. The fourth-order valence-electron chi connectivity index (χ4n) is 2.24. The van der Waals surface area contributed by atoms with Gasteiger partial charge in [-0.05, 0) is 35.9 Å². The van der Waals surface area contributed by atoms with E-state index < -0.39 is 0 Å². The van der Waals surface area contributed by atoms with Crippen LogP contribution < -0.4 is 0 Å². The molecule has 0 bridgehead atoms. The summed E-state index contributed by atoms with van der Waals surface area (Å²) in [6.45, 7) is 0. The lowest BCUT2D eigenvalue weighted by Crippen LogP contribution is -1.80. The molecule has 0 radical (unpaired) electrons. The van der Waals surface area contributed by atoms with Crippen molar-refractivity contribution in [2.24, 2.45) is 0 Å². The lowest BCUT2D eigenvalue weighted by molar-refractivity contribution is 0.572. The minimum atomic E-state index is 0.519. The van der Waals surface area contributed by atoms with Crippen molar-refractivity contribution in [2.45, 2.75) is 0 Å². The van der Waals surface area contributed by atoms with E-state index in [4.69, 9.17) is 27.6 Å². The second-order valence-corrected chi connectivity index (χ2v) is 5.65. The van der Waals surface area contributed by atoms with E-state index in [1.54, 1.807) is 36.4 Å². The molecule has 2 aromatic carbocycles. The molecular weight excluding hydrogens is 329 g/mol. The highest BCUT2D eigenvalue weighted by Gasteiger charge is 2.12. The zero-order valence-electron chi connectivity index (χ0n) is 12.0. The van der Waals surface area contributed by atoms with Gasteiger partial charge in [-0.1, -0.05) is 59.6 Å². The first-order valence-electron chi connectivity index (χ1n) is 6.90. The Bertz CT molecular complexity index is 884. The van der Waals surface area contributed by atoms with E-state index in [1.807, 2.05) is 30.3 Å². The van der Waals surface area contributed by atoms with Gasteiger partial charge in [-0.25, -0.2) is 0 Å². The number of allylic oxidation sites excluding steroid dienone is 1. The molecule has 2 nitrogen and oxygen atoms in total. The van der Waals surface area contributed by atoms with E-state index in [0.717, 1.165) is 5.56 Å². The molecule has 0 aliphatic carbocycles. The number of furan rings is 1. The van der Waals surface area contributed by atoms with Crippen LogP contribution in [-0.2, 0) is 0 Å². The van der Waals surface area contributed by atoms with Crippen molar-refractivity contribution >= 4 is 34.9 Å². The first-order valence-corrected chi connectivity index (χ1v) is 7.66. The Balaban J connectivity index is 2.00. The maximum atomic E-state index is 9.35. The van der Waals surface area contributed by atoms with E-state index in [9.17, 15) is 5.26 Å². The Hall–Kier alpha value is -2.47. The summed E-state index contributed by atoms with van der Waals surface area (Å²) in [5.41, 5.74) is 2.01. The molecule has 1 aromatic heterocycles. The maximum absolute atomic E-state index is 9.35. The Morgan fingerprint density at radius 2 is 1.61 bits per heavy atom. The van der Waals surface area contributed by atoms with Crippen molar-refractivity contribution < 1.29 is 4.42 Å². The van der Waals surface area contributed by atoms with Crippen LogP contribution in [0.15, 0.2) is 65.1 Å². The largest absolute Gasteiger partial charge is 0.457 e. The molecule has 1 heterocycles. The van der Waals surface area contributed by atoms with Crippen molar-refractivity contribution in [3.05, 3.63) is 82.0 Å². The van der Waals surface area contributed by atoms with Gasteiger partial charge in [-0.3, -0.25) is 0 Å². The zero-order chi connectivity index (χ0) is 16.2. The van der Waals surface area contributed by atoms with Gasteiger partial charge >= 0.3 is 0 Å². The van der Waals surface area contributed by atoms with Crippen LogP contribution in [0.2, 0.25) is 10.0 Å². The predicted molar refractivity (Wildman–Crippen MR) is 94.1 cm³/mol. The summed E-state index contributed by atoms with van der Waals surface area (Å²) in [5, 5.41) is 10.4. The van der Waals surface area contributed by atoms with Crippen LogP contribution in [0.5, 0.6) is 0 Å². The molecule has 0 aliphatic heterocycles. The Labute approximate surface area is 144 Å². The molecule has 0 amide bonds. The molecule has 0 atom stereocenters. The van der Waals surface area contributed by atoms with Crippen LogP contribution in [0.25, 0.3) is 23.0 Å². The van der Waals surface area contributed by atoms with Gasteiger partial charge in [0.15, 0.2) is 0 Å². The van der Waals surface area contributed by atoms with Crippen LogP contribution in [0.1, 0.15) is 11.3 Å². The number of nitrogens with zero attached hydrogens (tertiary/aromatic N) is 1. The van der Waals surface area contributed by atoms with Gasteiger partial charge in [0.25, 0.3) is 0 Å². The average Bonchev–Trinajstić information content (AvgIpc) is 3.01. The van der Waals surface area contributed by atoms with Crippen LogP contribution in [0.4, 0.5) is 0 Å². The van der Waals surface area contributed by atoms with Crippen molar-refractivity contribution in [1.29, 1.82) is 5.26 Å². The van der Waals surface area contributed by atoms with Crippen molar-refractivity contribution in [2.75, 3.05) is 0 Å². The van der Waals surface area contributed by atoms with Gasteiger partial charge in [0.2, 0.25) is 0 Å². The highest BCUT2D eigenvalue weighted by molar-refractivity contribution is 6.39. The fourth-order valence-corrected chi connectivity index (χ4v) is 2.82. The van der Waals surface area contributed by atoms with E-state index in [1.165, 1.54) is 0 Å². The van der Waals surface area contributed by atoms with Gasteiger partial charge in [0, 0.05) is 0 Å². The van der Waals surface area contributed by atoms with Crippen LogP contribution >= 0.6 is 23.2 Å². The SMILES string of the molecule is N#C/C(=C\c1ccc(-c2c(Cl)cccc2Cl)o1)c1ccccc1. The van der Waals surface area contributed by atoms with E-state index in [-0.39, 0.29) is 0 Å². The first-order chi connectivity index (χ1) is 11.2. The van der Waals surface area contributed by atoms with Crippen molar-refractivity contribution in [3.63, 3.8) is 0 Å². The molecule has 23 heavy (non-hydrogen) atoms. The summed E-state index contributed by atoms with van der Waals surface area (Å²) in [6, 6.07) is 20.5. The topological polar surface area (TPSA) is 36.9 Å². The lowest BCUT2D eigenvalue weighted by atomic mass is 10.1. The molecule has 4 heteroatoms. The Kier molecular flexibility index (Phi) is 4.52. The standard InChI is InChI=1S/C19H11Cl2NO/c20-16-7-4-8-17(21)19(16)18-10-9-15(23-18)11-14(12-22)13-5-2-1-3-6-13/h1-11H/b14-11+. The Morgan fingerprint density at radius 3 is 2.26 bits per heavy atom. The normalized spacial score (nSPS) is 11.3. The number of halogens is 2. The van der Waals surface area contributed by atoms with Gasteiger partial charge in [-0.15, -0.1) is 0 Å². The molecule has 0 saturated carbocycles. The molecular formula is C19H11Cl2NO. The summed E-state index contributed by atoms with van der Waals surface area (Å²) < 4.78 is 5.79. The highest BCUT2D eigenvalue weighted by Crippen LogP contribution is 2.36. The van der Waals surface area contributed by atoms with E-state index >= 15 is 0 Å². The van der Waals surface area contributed by atoms with Crippen LogP contribution in [0, 0.1) is 11.3 Å². The van der Waals surface area contributed by atoms with Gasteiger partial charge in [0.05, 0.1) is 27.3 Å². The maximum Gasteiger partial charge on any atom is 0.137 e. The molecule has 0 spiro atoms. The third-order valence-corrected chi connectivity index (χ3v) is 3.96. The first kappa shape index (κ1) is 15.4. The molecule has 0 saturated heterocycles. The van der Waals surface area contributed by atoms with Gasteiger partial charge < -0.3 is 4.42 Å². The minimum absolute atomic E-state index is 0.519. The average molecular weight is 340 g/mol. The number of rotatable bonds is 3. The number of benzene rings is 2. The number of nitriles is 1. The second-order valence-electron chi connectivity index (χ2n) is 4.83. The second kappa shape index (κ2) is 6.75. The summed E-state index contributed by atoms with van der Waals surface area (Å²) >= 11 is 12.4. The van der Waals surface area contributed by atoms with Crippen molar-refractivity contribution in [3.8, 4) is 17.4 Å². The monoisotopic (exact) mass is 339 g/mol. The molecule has 0 unspecified atom stereocenters. The lowest BCUT2D eigenvalue weighted by Gasteiger charge is -2.03. The molecule has 112 valence electrons. The van der Waals surface area contributed by atoms with Gasteiger partial charge in [-0.2, -0.15) is 5.26 Å². The van der Waals surface area contributed by atoms with E-state index in [0.29, 0.717) is 32.7 Å². The summed E-state index contributed by atoms with van der Waals surface area (Å²) in [5.74, 6) is 1.13. The molecule has 3 aromatic rings. The number of hydrogen-bond acceptors (Lipinski definition) is 2. The third kappa shape index (κ3) is 3.32. The fraction of sp³-hybridized carbons (Fsp3) is 0. The summed E-state index contributed by atoms with van der Waals surface area (Å²) in [4.78, 5) is 0. The molecule has 0 N–H and O–H groups in total. The van der Waals surface area contributed by atoms with Crippen LogP contribution in [0.3, 0.4) is 0 Å². The molecule has 3 rings (SSSR count). The number of hydrogen-bond donors (Lipinski definition) is 0.